The van der Waals surface area contributed by atoms with E-state index in [9.17, 15) is 27.5 Å². The van der Waals surface area contributed by atoms with E-state index >= 15 is 0 Å². The van der Waals surface area contributed by atoms with Gasteiger partial charge in [0.2, 0.25) is 0 Å². The molecular weight excluding hydrogens is 446 g/mol. The Hall–Kier alpha value is -3.71. The van der Waals surface area contributed by atoms with Crippen LogP contribution in [0.3, 0.4) is 0 Å². The lowest BCUT2D eigenvalue weighted by molar-refractivity contribution is -0.137. The average molecular weight is 467 g/mol. The molecule has 4 rings (SSSR count). The van der Waals surface area contributed by atoms with Crippen LogP contribution >= 0.6 is 0 Å². The van der Waals surface area contributed by atoms with Gasteiger partial charge < -0.3 is 10.4 Å². The first-order valence-electron chi connectivity index (χ1n) is 10.6. The van der Waals surface area contributed by atoms with Crippen molar-refractivity contribution in [1.29, 1.82) is 0 Å². The predicted molar refractivity (Wildman–Crippen MR) is 122 cm³/mol. The standard InChI is InChI=1S/C27H21F4NO2/c28-21-14-10-19(11-15-21)25(33)24(16-17-8-12-20(13-9-17)27(29,30)31)32-26(34)23-7-3-5-18-4-1-2-6-22(18)23/h1-15,24-25,33H,16H2,(H,32,34). The van der Waals surface area contributed by atoms with E-state index in [1.807, 2.05) is 30.3 Å². The van der Waals surface area contributed by atoms with E-state index in [0.717, 1.165) is 22.9 Å². The van der Waals surface area contributed by atoms with Gasteiger partial charge >= 0.3 is 6.18 Å². The molecule has 0 bridgehead atoms. The molecule has 0 saturated heterocycles. The molecule has 0 heterocycles. The van der Waals surface area contributed by atoms with Crippen molar-refractivity contribution in [1.82, 2.24) is 5.32 Å². The van der Waals surface area contributed by atoms with Gasteiger partial charge in [-0.15, -0.1) is 0 Å². The maximum Gasteiger partial charge on any atom is 0.416 e. The summed E-state index contributed by atoms with van der Waals surface area (Å²) >= 11 is 0. The summed E-state index contributed by atoms with van der Waals surface area (Å²) in [4.78, 5) is 13.2. The van der Waals surface area contributed by atoms with Crippen LogP contribution in [0.2, 0.25) is 0 Å². The summed E-state index contributed by atoms with van der Waals surface area (Å²) in [7, 11) is 0. The van der Waals surface area contributed by atoms with Crippen molar-refractivity contribution in [3.63, 3.8) is 0 Å². The van der Waals surface area contributed by atoms with Gasteiger partial charge in [-0.1, -0.05) is 60.7 Å². The van der Waals surface area contributed by atoms with Gasteiger partial charge in [-0.3, -0.25) is 4.79 Å². The molecular formula is C27H21F4NO2. The SMILES string of the molecule is O=C(NC(Cc1ccc(C(F)(F)F)cc1)C(O)c1ccc(F)cc1)c1cccc2ccccc12. The minimum atomic E-state index is -4.46. The third kappa shape index (κ3) is 5.26. The Kier molecular flexibility index (Phi) is 6.65. The van der Waals surface area contributed by atoms with Crippen LogP contribution in [0.25, 0.3) is 10.8 Å². The molecule has 0 aromatic heterocycles. The van der Waals surface area contributed by atoms with Gasteiger partial charge in [0.1, 0.15) is 5.82 Å². The number of fused-ring (bicyclic) bond motifs is 1. The summed E-state index contributed by atoms with van der Waals surface area (Å²) in [5.41, 5.74) is 0.488. The van der Waals surface area contributed by atoms with Gasteiger partial charge in [-0.25, -0.2) is 4.39 Å². The van der Waals surface area contributed by atoms with E-state index in [1.165, 1.54) is 36.4 Å². The van der Waals surface area contributed by atoms with Gasteiger partial charge in [0.15, 0.2) is 0 Å². The number of amides is 1. The Bertz CT molecular complexity index is 1280. The Morgan fingerprint density at radius 2 is 1.50 bits per heavy atom. The molecule has 1 amide bonds. The molecule has 0 aliphatic heterocycles. The molecule has 0 fully saturated rings. The minimum Gasteiger partial charge on any atom is -0.386 e. The van der Waals surface area contributed by atoms with E-state index in [1.54, 1.807) is 12.1 Å². The van der Waals surface area contributed by atoms with Crippen molar-refractivity contribution in [2.45, 2.75) is 24.7 Å². The first-order chi connectivity index (χ1) is 16.2. The maximum atomic E-state index is 13.4. The zero-order valence-corrected chi connectivity index (χ0v) is 17.9. The van der Waals surface area contributed by atoms with Crippen LogP contribution in [-0.4, -0.2) is 17.1 Å². The molecule has 4 aromatic rings. The molecule has 34 heavy (non-hydrogen) atoms. The molecule has 2 unspecified atom stereocenters. The van der Waals surface area contributed by atoms with Gasteiger partial charge in [0.25, 0.3) is 5.91 Å². The van der Waals surface area contributed by atoms with Gasteiger partial charge in [0, 0.05) is 5.56 Å². The normalized spacial score (nSPS) is 13.4. The molecule has 174 valence electrons. The quantitative estimate of drug-likeness (QED) is 0.338. The Morgan fingerprint density at radius 3 is 2.18 bits per heavy atom. The monoisotopic (exact) mass is 467 g/mol. The highest BCUT2D eigenvalue weighted by molar-refractivity contribution is 6.07. The average Bonchev–Trinajstić information content (AvgIpc) is 2.83. The number of hydrogen-bond donors (Lipinski definition) is 2. The number of carbonyl (C=O) groups is 1. The maximum absolute atomic E-state index is 13.4. The molecule has 2 N–H and O–H groups in total. The van der Waals surface area contributed by atoms with Crippen LogP contribution in [0.1, 0.15) is 33.2 Å². The summed E-state index contributed by atoms with van der Waals surface area (Å²) in [5.74, 6) is -0.912. The highest BCUT2D eigenvalue weighted by Gasteiger charge is 2.30. The largest absolute Gasteiger partial charge is 0.416 e. The molecule has 2 atom stereocenters. The molecule has 0 aliphatic rings. The molecule has 0 spiro atoms. The fourth-order valence-electron chi connectivity index (χ4n) is 3.89. The van der Waals surface area contributed by atoms with Crippen molar-refractivity contribution in [2.75, 3.05) is 0 Å². The van der Waals surface area contributed by atoms with Crippen molar-refractivity contribution in [3.8, 4) is 0 Å². The Labute approximate surface area is 193 Å². The lowest BCUT2D eigenvalue weighted by Crippen LogP contribution is -2.41. The fourth-order valence-corrected chi connectivity index (χ4v) is 3.89. The number of rotatable bonds is 6. The Balaban J connectivity index is 1.64. The van der Waals surface area contributed by atoms with Crippen LogP contribution in [0.4, 0.5) is 17.6 Å². The van der Waals surface area contributed by atoms with Gasteiger partial charge in [0.05, 0.1) is 17.7 Å². The van der Waals surface area contributed by atoms with Crippen molar-refractivity contribution < 1.29 is 27.5 Å². The molecule has 4 aromatic carbocycles. The van der Waals surface area contributed by atoms with Crippen molar-refractivity contribution in [3.05, 3.63) is 119 Å². The number of alkyl halides is 3. The minimum absolute atomic E-state index is 0.0627. The summed E-state index contributed by atoms with van der Waals surface area (Å²) < 4.78 is 52.1. The third-order valence-corrected chi connectivity index (χ3v) is 5.68. The van der Waals surface area contributed by atoms with Crippen LogP contribution in [0, 0.1) is 5.82 Å². The number of aliphatic hydroxyl groups is 1. The fraction of sp³-hybridized carbons (Fsp3) is 0.148. The second-order valence-corrected chi connectivity index (χ2v) is 8.00. The Morgan fingerprint density at radius 1 is 0.853 bits per heavy atom. The third-order valence-electron chi connectivity index (χ3n) is 5.68. The van der Waals surface area contributed by atoms with Crippen molar-refractivity contribution >= 4 is 16.7 Å². The number of halogens is 4. The highest BCUT2D eigenvalue weighted by Crippen LogP contribution is 2.30. The number of hydrogen-bond acceptors (Lipinski definition) is 2. The van der Waals surface area contributed by atoms with E-state index in [0.29, 0.717) is 16.7 Å². The lowest BCUT2D eigenvalue weighted by Gasteiger charge is -2.25. The number of benzene rings is 4. The molecule has 0 radical (unpaired) electrons. The second kappa shape index (κ2) is 9.65. The highest BCUT2D eigenvalue weighted by atomic mass is 19.4. The first kappa shape index (κ1) is 23.4. The van der Waals surface area contributed by atoms with Crippen LogP contribution in [0.5, 0.6) is 0 Å². The molecule has 3 nitrogen and oxygen atoms in total. The van der Waals surface area contributed by atoms with E-state index < -0.39 is 35.6 Å². The topological polar surface area (TPSA) is 49.3 Å². The van der Waals surface area contributed by atoms with Gasteiger partial charge in [-0.05, 0) is 58.7 Å². The van der Waals surface area contributed by atoms with Crippen LogP contribution in [-0.2, 0) is 12.6 Å². The molecule has 7 heteroatoms. The van der Waals surface area contributed by atoms with Crippen LogP contribution in [0.15, 0.2) is 91.0 Å². The number of carbonyl (C=O) groups excluding carboxylic acids is 1. The zero-order chi connectivity index (χ0) is 24.3. The molecule has 0 aliphatic carbocycles. The van der Waals surface area contributed by atoms with E-state index in [-0.39, 0.29) is 6.42 Å². The lowest BCUT2D eigenvalue weighted by atomic mass is 9.94. The smallest absolute Gasteiger partial charge is 0.386 e. The summed E-state index contributed by atoms with van der Waals surface area (Å²) in [6.07, 6.45) is -5.62. The summed E-state index contributed by atoms with van der Waals surface area (Å²) in [6.45, 7) is 0. The second-order valence-electron chi connectivity index (χ2n) is 8.00. The van der Waals surface area contributed by atoms with E-state index in [4.69, 9.17) is 0 Å². The molecule has 0 saturated carbocycles. The van der Waals surface area contributed by atoms with Gasteiger partial charge in [-0.2, -0.15) is 13.2 Å². The predicted octanol–water partition coefficient (Wildman–Crippen LogP) is 6.07. The summed E-state index contributed by atoms with van der Waals surface area (Å²) in [5, 5.41) is 15.4. The van der Waals surface area contributed by atoms with Crippen molar-refractivity contribution in [2.24, 2.45) is 0 Å². The number of aliphatic hydroxyl groups excluding tert-OH is 1. The van der Waals surface area contributed by atoms with E-state index in [2.05, 4.69) is 5.32 Å². The summed E-state index contributed by atoms with van der Waals surface area (Å²) in [6, 6.07) is 21.5. The first-order valence-corrected chi connectivity index (χ1v) is 10.6. The van der Waals surface area contributed by atoms with Crippen LogP contribution < -0.4 is 5.32 Å². The zero-order valence-electron chi connectivity index (χ0n) is 17.9. The number of nitrogens with one attached hydrogen (secondary N) is 1.